The summed E-state index contributed by atoms with van der Waals surface area (Å²) in [6, 6.07) is 9.26. The van der Waals surface area contributed by atoms with E-state index in [0.717, 1.165) is 5.75 Å². The highest BCUT2D eigenvalue weighted by molar-refractivity contribution is 5.73. The van der Waals surface area contributed by atoms with Crippen LogP contribution >= 0.6 is 0 Å². The standard InChI is InChI=1S/C10H9O2/c1-9(7-11)8-12-10-5-3-2-4-6-10/h2-6H,1,8H2. The van der Waals surface area contributed by atoms with Gasteiger partial charge in [-0.2, -0.15) is 0 Å². The molecule has 0 unspecified atom stereocenters. The van der Waals surface area contributed by atoms with Gasteiger partial charge in [0.1, 0.15) is 12.4 Å². The zero-order valence-electron chi connectivity index (χ0n) is 6.62. The molecule has 0 aliphatic rings. The van der Waals surface area contributed by atoms with Crippen LogP contribution in [0.1, 0.15) is 0 Å². The van der Waals surface area contributed by atoms with E-state index in [9.17, 15) is 4.79 Å². The third-order valence-corrected chi connectivity index (χ3v) is 1.30. The molecule has 61 valence electrons. The molecule has 0 aliphatic heterocycles. The summed E-state index contributed by atoms with van der Waals surface area (Å²) in [7, 11) is 0. The monoisotopic (exact) mass is 161 g/mol. The van der Waals surface area contributed by atoms with E-state index in [4.69, 9.17) is 4.74 Å². The van der Waals surface area contributed by atoms with Gasteiger partial charge < -0.3 is 4.74 Å². The molecular weight excluding hydrogens is 152 g/mol. The molecule has 0 spiro atoms. The third-order valence-electron chi connectivity index (χ3n) is 1.30. The van der Waals surface area contributed by atoms with E-state index in [1.807, 2.05) is 30.3 Å². The van der Waals surface area contributed by atoms with Crippen LogP contribution in [0.4, 0.5) is 0 Å². The van der Waals surface area contributed by atoms with Gasteiger partial charge in [-0.15, -0.1) is 0 Å². The quantitative estimate of drug-likeness (QED) is 0.628. The van der Waals surface area contributed by atoms with Crippen molar-refractivity contribution in [1.29, 1.82) is 0 Å². The van der Waals surface area contributed by atoms with Gasteiger partial charge in [-0.25, -0.2) is 0 Å². The second-order valence-electron chi connectivity index (χ2n) is 2.31. The lowest BCUT2D eigenvalue weighted by Crippen LogP contribution is -2.00. The molecule has 1 rings (SSSR count). The number of hydrogen-bond acceptors (Lipinski definition) is 2. The van der Waals surface area contributed by atoms with Crippen LogP contribution in [0.25, 0.3) is 0 Å². The van der Waals surface area contributed by atoms with E-state index in [1.165, 1.54) is 0 Å². The van der Waals surface area contributed by atoms with Crippen molar-refractivity contribution in [3.8, 4) is 5.75 Å². The first-order valence-corrected chi connectivity index (χ1v) is 3.56. The largest absolute Gasteiger partial charge is 0.489 e. The highest BCUT2D eigenvalue weighted by Gasteiger charge is 1.93. The molecule has 0 saturated heterocycles. The zero-order chi connectivity index (χ0) is 8.81. The smallest absolute Gasteiger partial charge is 0.232 e. The summed E-state index contributed by atoms with van der Waals surface area (Å²) >= 11 is 0. The van der Waals surface area contributed by atoms with Gasteiger partial charge in [0, 0.05) is 5.57 Å². The summed E-state index contributed by atoms with van der Waals surface area (Å²) in [5, 5.41) is 0. The average molecular weight is 161 g/mol. The molecule has 1 aromatic carbocycles. The maximum Gasteiger partial charge on any atom is 0.232 e. The van der Waals surface area contributed by atoms with E-state index in [1.54, 1.807) is 6.29 Å². The Kier molecular flexibility index (Phi) is 3.08. The Hall–Kier alpha value is -1.57. The van der Waals surface area contributed by atoms with Crippen molar-refractivity contribution >= 4 is 6.29 Å². The maximum absolute atomic E-state index is 10.0. The van der Waals surface area contributed by atoms with Gasteiger partial charge in [0.2, 0.25) is 6.29 Å². The molecule has 2 nitrogen and oxygen atoms in total. The molecule has 2 heteroatoms. The lowest BCUT2D eigenvalue weighted by molar-refractivity contribution is 0.356. The number of rotatable bonds is 4. The fourth-order valence-corrected chi connectivity index (χ4v) is 0.717. The molecule has 0 saturated carbocycles. The Morgan fingerprint density at radius 1 is 1.42 bits per heavy atom. The van der Waals surface area contributed by atoms with E-state index in [-0.39, 0.29) is 6.61 Å². The summed E-state index contributed by atoms with van der Waals surface area (Å²) in [5.41, 5.74) is 0.318. The second-order valence-corrected chi connectivity index (χ2v) is 2.31. The predicted octanol–water partition coefficient (Wildman–Crippen LogP) is 1.73. The summed E-state index contributed by atoms with van der Waals surface area (Å²) < 4.78 is 5.20. The predicted molar refractivity (Wildman–Crippen MR) is 46.8 cm³/mol. The first-order chi connectivity index (χ1) is 5.83. The SMILES string of the molecule is C=C([C]=O)COc1ccccc1. The minimum Gasteiger partial charge on any atom is -0.489 e. The Morgan fingerprint density at radius 3 is 2.67 bits per heavy atom. The summed E-state index contributed by atoms with van der Waals surface area (Å²) in [6.07, 6.45) is 1.67. The molecule has 0 heterocycles. The van der Waals surface area contributed by atoms with Gasteiger partial charge in [0.05, 0.1) is 0 Å². The second kappa shape index (κ2) is 4.34. The molecule has 0 atom stereocenters. The van der Waals surface area contributed by atoms with Gasteiger partial charge >= 0.3 is 0 Å². The van der Waals surface area contributed by atoms with Crippen molar-refractivity contribution in [3.63, 3.8) is 0 Å². The van der Waals surface area contributed by atoms with E-state index in [2.05, 4.69) is 6.58 Å². The Labute approximate surface area is 71.5 Å². The summed E-state index contributed by atoms with van der Waals surface area (Å²) in [5.74, 6) is 0.730. The van der Waals surface area contributed by atoms with Crippen molar-refractivity contribution < 1.29 is 9.53 Å². The van der Waals surface area contributed by atoms with Gasteiger partial charge in [-0.1, -0.05) is 24.8 Å². The van der Waals surface area contributed by atoms with Crippen molar-refractivity contribution in [2.45, 2.75) is 0 Å². The topological polar surface area (TPSA) is 26.3 Å². The Balaban J connectivity index is 2.43. The van der Waals surface area contributed by atoms with Crippen LogP contribution in [0, 0.1) is 0 Å². The molecule has 0 aliphatic carbocycles. The van der Waals surface area contributed by atoms with Crippen molar-refractivity contribution in [3.05, 3.63) is 42.5 Å². The highest BCUT2D eigenvalue weighted by atomic mass is 16.5. The highest BCUT2D eigenvalue weighted by Crippen LogP contribution is 2.08. The number of carbonyl (C=O) groups excluding carboxylic acids is 1. The zero-order valence-corrected chi connectivity index (χ0v) is 6.62. The molecule has 1 aromatic rings. The first kappa shape index (κ1) is 8.53. The van der Waals surface area contributed by atoms with Crippen molar-refractivity contribution in [2.75, 3.05) is 6.61 Å². The molecule has 0 bridgehead atoms. The average Bonchev–Trinajstić information content (AvgIpc) is 2.16. The van der Waals surface area contributed by atoms with Gasteiger partial charge in [0.25, 0.3) is 0 Å². The molecule has 1 radical (unpaired) electrons. The Bertz CT molecular complexity index is 264. The van der Waals surface area contributed by atoms with Crippen LogP contribution in [0.5, 0.6) is 5.75 Å². The molecule has 0 amide bonds. The lowest BCUT2D eigenvalue weighted by atomic mass is 10.3. The summed E-state index contributed by atoms with van der Waals surface area (Å²) in [4.78, 5) is 10.0. The fourth-order valence-electron chi connectivity index (χ4n) is 0.717. The van der Waals surface area contributed by atoms with Crippen molar-refractivity contribution in [2.24, 2.45) is 0 Å². The van der Waals surface area contributed by atoms with E-state index < -0.39 is 0 Å². The molecule has 0 aromatic heterocycles. The number of para-hydroxylation sites is 1. The van der Waals surface area contributed by atoms with Crippen LogP contribution in [0.15, 0.2) is 42.5 Å². The third kappa shape index (κ3) is 2.58. The minimum atomic E-state index is 0.202. The minimum absolute atomic E-state index is 0.202. The first-order valence-electron chi connectivity index (χ1n) is 3.56. The number of hydrogen-bond donors (Lipinski definition) is 0. The van der Waals surface area contributed by atoms with Gasteiger partial charge in [-0.3, -0.25) is 4.79 Å². The number of ether oxygens (including phenoxy) is 1. The summed E-state index contributed by atoms with van der Waals surface area (Å²) in [6.45, 7) is 3.64. The van der Waals surface area contributed by atoms with Crippen LogP contribution in [-0.4, -0.2) is 12.9 Å². The van der Waals surface area contributed by atoms with Crippen LogP contribution in [0.3, 0.4) is 0 Å². The van der Waals surface area contributed by atoms with Gasteiger partial charge in [-0.05, 0) is 12.1 Å². The van der Waals surface area contributed by atoms with E-state index in [0.29, 0.717) is 5.57 Å². The normalized spacial score (nSPS) is 9.00. The Morgan fingerprint density at radius 2 is 2.08 bits per heavy atom. The molecular formula is C10H9O2. The van der Waals surface area contributed by atoms with Crippen LogP contribution in [0.2, 0.25) is 0 Å². The van der Waals surface area contributed by atoms with Gasteiger partial charge in [0.15, 0.2) is 0 Å². The van der Waals surface area contributed by atoms with Crippen LogP contribution in [-0.2, 0) is 4.79 Å². The number of benzene rings is 1. The van der Waals surface area contributed by atoms with Crippen molar-refractivity contribution in [1.82, 2.24) is 0 Å². The molecule has 0 fully saturated rings. The molecule has 12 heavy (non-hydrogen) atoms. The van der Waals surface area contributed by atoms with E-state index >= 15 is 0 Å². The van der Waals surface area contributed by atoms with Crippen LogP contribution < -0.4 is 4.74 Å². The fraction of sp³-hybridized carbons (Fsp3) is 0.100. The lowest BCUT2D eigenvalue weighted by Gasteiger charge is -2.02. The maximum atomic E-state index is 10.0. The molecule has 0 N–H and O–H groups in total.